The Labute approximate surface area is 105 Å². The molecule has 1 aromatic carbocycles. The maximum Gasteiger partial charge on any atom is 0.209 e. The topological polar surface area (TPSA) is 69.4 Å². The average Bonchev–Trinajstić information content (AvgIpc) is 2.94. The summed E-state index contributed by atoms with van der Waals surface area (Å²) in [4.78, 5) is 0. The number of sulfonamides is 1. The summed E-state index contributed by atoms with van der Waals surface area (Å²) in [6.07, 6.45) is 2.43. The molecule has 0 unspecified atom stereocenters. The van der Waals surface area contributed by atoms with Crippen molar-refractivity contribution in [3.05, 3.63) is 29.6 Å². The Bertz CT molecular complexity index is 595. The predicted octanol–water partition coefficient (Wildman–Crippen LogP) is 1.51. The normalized spacial score (nSPS) is 24.4. The van der Waals surface area contributed by atoms with E-state index in [2.05, 4.69) is 0 Å². The van der Waals surface area contributed by atoms with Gasteiger partial charge in [-0.3, -0.25) is 0 Å². The second-order valence-corrected chi connectivity index (χ2v) is 6.86. The molecule has 1 saturated carbocycles. The number of primary sulfonamides is 1. The van der Waals surface area contributed by atoms with Crippen molar-refractivity contribution in [2.75, 3.05) is 5.75 Å². The number of nitrogens with two attached hydrogens (primary N) is 1. The Hall–Kier alpha value is -1.14. The van der Waals surface area contributed by atoms with E-state index >= 15 is 0 Å². The third-order valence-corrected chi connectivity index (χ3v) is 4.47. The van der Waals surface area contributed by atoms with Gasteiger partial charge < -0.3 is 4.74 Å². The second-order valence-electron chi connectivity index (χ2n) is 5.20. The first-order chi connectivity index (χ1) is 8.37. The number of halogens is 1. The first kappa shape index (κ1) is 11.9. The molecular weight excluding hydrogens is 257 g/mol. The van der Waals surface area contributed by atoms with Crippen LogP contribution in [0.3, 0.4) is 0 Å². The van der Waals surface area contributed by atoms with Crippen LogP contribution in [0.2, 0.25) is 0 Å². The molecule has 0 amide bonds. The van der Waals surface area contributed by atoms with E-state index in [0.717, 1.165) is 18.4 Å². The van der Waals surface area contributed by atoms with Crippen molar-refractivity contribution in [3.63, 3.8) is 0 Å². The van der Waals surface area contributed by atoms with E-state index in [1.165, 1.54) is 12.1 Å². The fraction of sp³-hybridized carbons (Fsp3) is 0.500. The largest absolute Gasteiger partial charge is 0.487 e. The van der Waals surface area contributed by atoms with Crippen LogP contribution in [0.5, 0.6) is 5.75 Å². The van der Waals surface area contributed by atoms with Crippen molar-refractivity contribution in [2.45, 2.75) is 30.8 Å². The molecular formula is C12H14FNO3S. The van der Waals surface area contributed by atoms with Crippen molar-refractivity contribution in [1.82, 2.24) is 0 Å². The van der Waals surface area contributed by atoms with Gasteiger partial charge in [-0.15, -0.1) is 0 Å². The van der Waals surface area contributed by atoms with E-state index < -0.39 is 10.0 Å². The molecule has 2 aliphatic rings. The molecule has 18 heavy (non-hydrogen) atoms. The summed E-state index contributed by atoms with van der Waals surface area (Å²) < 4.78 is 41.5. The van der Waals surface area contributed by atoms with E-state index in [1.54, 1.807) is 6.07 Å². The molecule has 0 radical (unpaired) electrons. The van der Waals surface area contributed by atoms with Crippen LogP contribution in [0.1, 0.15) is 30.7 Å². The van der Waals surface area contributed by atoms with Gasteiger partial charge in [-0.25, -0.2) is 17.9 Å². The molecule has 0 bridgehead atoms. The molecule has 6 heteroatoms. The van der Waals surface area contributed by atoms with Crippen molar-refractivity contribution >= 4 is 10.0 Å². The minimum atomic E-state index is -3.55. The Morgan fingerprint density at radius 3 is 2.78 bits per heavy atom. The molecule has 1 spiro atoms. The van der Waals surface area contributed by atoms with Gasteiger partial charge in [0, 0.05) is 12.0 Å². The summed E-state index contributed by atoms with van der Waals surface area (Å²) in [5.41, 5.74) is 0.457. The number of ether oxygens (including phenoxy) is 1. The molecule has 3 rings (SSSR count). The van der Waals surface area contributed by atoms with Crippen molar-refractivity contribution in [3.8, 4) is 5.75 Å². The molecule has 1 atom stereocenters. The lowest BCUT2D eigenvalue weighted by atomic mass is 9.90. The summed E-state index contributed by atoms with van der Waals surface area (Å²) in [6.45, 7) is 0. The number of hydrogen-bond acceptors (Lipinski definition) is 3. The molecule has 0 saturated heterocycles. The zero-order valence-corrected chi connectivity index (χ0v) is 10.5. The van der Waals surface area contributed by atoms with Crippen molar-refractivity contribution in [1.29, 1.82) is 0 Å². The van der Waals surface area contributed by atoms with Crippen LogP contribution < -0.4 is 9.88 Å². The van der Waals surface area contributed by atoms with E-state index in [9.17, 15) is 12.8 Å². The first-order valence-corrected chi connectivity index (χ1v) is 7.57. The fourth-order valence-electron chi connectivity index (χ4n) is 2.64. The molecule has 0 aromatic heterocycles. The van der Waals surface area contributed by atoms with Gasteiger partial charge in [0.05, 0.1) is 5.75 Å². The maximum absolute atomic E-state index is 13.2. The summed E-state index contributed by atoms with van der Waals surface area (Å²) in [5.74, 6) is -0.225. The second kappa shape index (κ2) is 3.68. The van der Waals surface area contributed by atoms with Gasteiger partial charge in [0.1, 0.15) is 17.2 Å². The van der Waals surface area contributed by atoms with Gasteiger partial charge in [-0.2, -0.15) is 0 Å². The van der Waals surface area contributed by atoms with Crippen LogP contribution >= 0.6 is 0 Å². The van der Waals surface area contributed by atoms with Gasteiger partial charge >= 0.3 is 0 Å². The zero-order chi connectivity index (χ0) is 13.0. The number of benzene rings is 1. The molecule has 1 heterocycles. The van der Waals surface area contributed by atoms with E-state index in [-0.39, 0.29) is 23.1 Å². The van der Waals surface area contributed by atoms with Crippen molar-refractivity contribution in [2.24, 2.45) is 5.14 Å². The molecule has 1 fully saturated rings. The van der Waals surface area contributed by atoms with E-state index in [1.807, 2.05) is 0 Å². The molecule has 1 aromatic rings. The average molecular weight is 271 g/mol. The minimum Gasteiger partial charge on any atom is -0.487 e. The lowest BCUT2D eigenvalue weighted by molar-refractivity contribution is 0.138. The predicted molar refractivity (Wildman–Crippen MR) is 64.3 cm³/mol. The smallest absolute Gasteiger partial charge is 0.209 e. The molecule has 2 N–H and O–H groups in total. The Morgan fingerprint density at radius 1 is 1.44 bits per heavy atom. The Morgan fingerprint density at radius 2 is 2.17 bits per heavy atom. The number of fused-ring (bicyclic) bond motifs is 1. The first-order valence-electron chi connectivity index (χ1n) is 5.86. The van der Waals surface area contributed by atoms with Crippen LogP contribution in [0, 0.1) is 5.82 Å². The van der Waals surface area contributed by atoms with Crippen LogP contribution in [0.15, 0.2) is 18.2 Å². The Balaban J connectivity index is 2.00. The number of hydrogen-bond donors (Lipinski definition) is 1. The van der Waals surface area contributed by atoms with Crippen LogP contribution in [0.25, 0.3) is 0 Å². The molecule has 4 nitrogen and oxygen atoms in total. The highest BCUT2D eigenvalue weighted by Crippen LogP contribution is 2.52. The highest BCUT2D eigenvalue weighted by molar-refractivity contribution is 7.89. The van der Waals surface area contributed by atoms with Crippen LogP contribution in [-0.2, 0) is 10.0 Å². The molecule has 98 valence electrons. The quantitative estimate of drug-likeness (QED) is 0.886. The summed E-state index contributed by atoms with van der Waals surface area (Å²) in [7, 11) is -3.55. The highest BCUT2D eigenvalue weighted by Gasteiger charge is 2.51. The standard InChI is InChI=1S/C12H14FNO3S/c13-9-1-2-10-8(7-18(14,15)16)6-12(3-4-12)17-11(10)5-9/h1-2,5,8H,3-4,6-7H2,(H2,14,15,16)/t8-/m0/s1. The third kappa shape index (κ3) is 2.22. The third-order valence-electron chi connectivity index (χ3n) is 3.60. The molecule has 1 aliphatic heterocycles. The lowest BCUT2D eigenvalue weighted by Gasteiger charge is -2.32. The van der Waals surface area contributed by atoms with Crippen molar-refractivity contribution < 1.29 is 17.5 Å². The van der Waals surface area contributed by atoms with Crippen LogP contribution in [0.4, 0.5) is 4.39 Å². The highest BCUT2D eigenvalue weighted by atomic mass is 32.2. The summed E-state index contributed by atoms with van der Waals surface area (Å²) in [5, 5.41) is 5.12. The lowest BCUT2D eigenvalue weighted by Crippen LogP contribution is -2.32. The summed E-state index contributed by atoms with van der Waals surface area (Å²) >= 11 is 0. The van der Waals surface area contributed by atoms with Crippen LogP contribution in [-0.4, -0.2) is 19.8 Å². The minimum absolute atomic E-state index is 0.114. The van der Waals surface area contributed by atoms with Gasteiger partial charge in [0.25, 0.3) is 0 Å². The van der Waals surface area contributed by atoms with E-state index in [4.69, 9.17) is 9.88 Å². The summed E-state index contributed by atoms with van der Waals surface area (Å²) in [6, 6.07) is 4.24. The van der Waals surface area contributed by atoms with E-state index in [0.29, 0.717) is 12.2 Å². The number of rotatable bonds is 2. The zero-order valence-electron chi connectivity index (χ0n) is 9.73. The molecule has 1 aliphatic carbocycles. The maximum atomic E-state index is 13.2. The van der Waals surface area contributed by atoms with Gasteiger partial charge in [0.2, 0.25) is 10.0 Å². The Kier molecular flexibility index (Phi) is 2.44. The van der Waals surface area contributed by atoms with Gasteiger partial charge in [0.15, 0.2) is 0 Å². The van der Waals surface area contributed by atoms with Gasteiger partial charge in [-0.05, 0) is 30.9 Å². The SMILES string of the molecule is NS(=O)(=O)C[C@@H]1CC2(CC2)Oc2cc(F)ccc21. The monoisotopic (exact) mass is 271 g/mol. The fourth-order valence-corrected chi connectivity index (χ4v) is 3.50. The van der Waals surface area contributed by atoms with Gasteiger partial charge in [-0.1, -0.05) is 6.07 Å².